The lowest BCUT2D eigenvalue weighted by molar-refractivity contribution is -0.132. The minimum absolute atomic E-state index is 0.0454. The molecule has 132 valence electrons. The Bertz CT molecular complexity index is 761. The van der Waals surface area contributed by atoms with E-state index in [-0.39, 0.29) is 17.5 Å². The number of nitrogens with zero attached hydrogens (tertiary/aromatic N) is 1. The van der Waals surface area contributed by atoms with Crippen LogP contribution in [-0.2, 0) is 9.59 Å². The van der Waals surface area contributed by atoms with Gasteiger partial charge < -0.3 is 15.5 Å². The zero-order valence-corrected chi connectivity index (χ0v) is 14.5. The Hall–Kier alpha value is -2.89. The van der Waals surface area contributed by atoms with Crippen molar-refractivity contribution >= 4 is 23.2 Å². The summed E-state index contributed by atoms with van der Waals surface area (Å²) in [5.41, 5.74) is -0.00577. The van der Waals surface area contributed by atoms with Gasteiger partial charge in [-0.1, -0.05) is 32.0 Å². The summed E-state index contributed by atoms with van der Waals surface area (Å²) in [4.78, 5) is 28.3. The van der Waals surface area contributed by atoms with Gasteiger partial charge in [0.2, 0.25) is 5.78 Å². The number of ketones is 1. The van der Waals surface area contributed by atoms with Crippen LogP contribution in [0.25, 0.3) is 0 Å². The maximum absolute atomic E-state index is 12.4. The summed E-state index contributed by atoms with van der Waals surface area (Å²) >= 11 is 0. The van der Waals surface area contributed by atoms with E-state index in [1.807, 2.05) is 26.8 Å². The van der Waals surface area contributed by atoms with Gasteiger partial charge in [0.1, 0.15) is 11.3 Å². The smallest absolute Gasteiger partial charge is 0.341 e. The normalized spacial score (nSPS) is 17.7. The highest BCUT2D eigenvalue weighted by atomic mass is 16.4. The molecule has 1 aromatic carbocycles. The number of aliphatic hydroxyl groups is 1. The number of carboxylic acid groups (broad SMARTS) is 1. The fourth-order valence-electron chi connectivity index (χ4n) is 2.70. The number of para-hydroxylation sites is 1. The van der Waals surface area contributed by atoms with Gasteiger partial charge in [-0.25, -0.2) is 4.79 Å². The van der Waals surface area contributed by atoms with Crippen molar-refractivity contribution in [2.24, 2.45) is 10.9 Å². The Morgan fingerprint density at radius 1 is 1.20 bits per heavy atom. The van der Waals surface area contributed by atoms with Crippen molar-refractivity contribution in [2.75, 3.05) is 5.32 Å². The number of rotatable bonds is 6. The quantitative estimate of drug-likeness (QED) is 0.689. The van der Waals surface area contributed by atoms with E-state index in [1.165, 1.54) is 6.08 Å². The predicted molar refractivity (Wildman–Crippen MR) is 96.8 cm³/mol. The number of anilines is 1. The van der Waals surface area contributed by atoms with Gasteiger partial charge >= 0.3 is 5.97 Å². The lowest BCUT2D eigenvalue weighted by Gasteiger charge is -2.19. The molecule has 3 N–H and O–H groups in total. The minimum atomic E-state index is -1.39. The second-order valence-corrected chi connectivity index (χ2v) is 6.40. The topological polar surface area (TPSA) is 99.0 Å². The molecule has 0 aromatic heterocycles. The number of carboxylic acids is 1. The highest BCUT2D eigenvalue weighted by Crippen LogP contribution is 2.23. The number of hydrogen-bond acceptors (Lipinski definition) is 5. The van der Waals surface area contributed by atoms with Crippen LogP contribution >= 0.6 is 0 Å². The number of carbonyl (C=O) groups excluding carboxylic acids is 1. The zero-order chi connectivity index (χ0) is 18.6. The molecule has 1 aliphatic rings. The average Bonchev–Trinajstić information content (AvgIpc) is 2.52. The first-order valence-electron chi connectivity index (χ1n) is 8.12. The molecule has 0 amide bonds. The number of benzene rings is 1. The van der Waals surface area contributed by atoms with Crippen LogP contribution in [0.1, 0.15) is 27.2 Å². The molecule has 0 bridgehead atoms. The van der Waals surface area contributed by atoms with E-state index >= 15 is 0 Å². The van der Waals surface area contributed by atoms with Crippen LogP contribution in [0.4, 0.5) is 5.69 Å². The van der Waals surface area contributed by atoms with Crippen molar-refractivity contribution in [3.63, 3.8) is 0 Å². The van der Waals surface area contributed by atoms with Gasteiger partial charge in [0.15, 0.2) is 5.76 Å². The Kier molecular flexibility index (Phi) is 5.75. The second-order valence-electron chi connectivity index (χ2n) is 6.40. The highest BCUT2D eigenvalue weighted by molar-refractivity contribution is 6.55. The molecule has 0 saturated carbocycles. The summed E-state index contributed by atoms with van der Waals surface area (Å²) in [6.45, 7) is 5.86. The van der Waals surface area contributed by atoms with E-state index in [9.17, 15) is 19.8 Å². The number of aliphatic imine (C=N–C) groups is 1. The van der Waals surface area contributed by atoms with Crippen molar-refractivity contribution < 1.29 is 19.8 Å². The molecule has 0 saturated heterocycles. The third kappa shape index (κ3) is 4.56. The summed E-state index contributed by atoms with van der Waals surface area (Å²) in [5, 5.41) is 22.7. The van der Waals surface area contributed by atoms with Crippen molar-refractivity contribution in [1.82, 2.24) is 0 Å². The van der Waals surface area contributed by atoms with E-state index in [2.05, 4.69) is 10.3 Å². The SMILES string of the molecule is CC(C)CC(C)N=C1C(=O)C=C(Nc2ccccc2)C(O)=C1C(=O)O. The van der Waals surface area contributed by atoms with Gasteiger partial charge in [-0.2, -0.15) is 0 Å². The van der Waals surface area contributed by atoms with Crippen molar-refractivity contribution in [1.29, 1.82) is 0 Å². The third-order valence-corrected chi connectivity index (χ3v) is 3.67. The van der Waals surface area contributed by atoms with Crippen LogP contribution in [0.15, 0.2) is 58.4 Å². The molecule has 1 atom stereocenters. The summed E-state index contributed by atoms with van der Waals surface area (Å²) in [6.07, 6.45) is 1.89. The minimum Gasteiger partial charge on any atom is -0.505 e. The molecule has 0 radical (unpaired) electrons. The van der Waals surface area contributed by atoms with E-state index in [0.717, 1.165) is 0 Å². The van der Waals surface area contributed by atoms with E-state index in [0.29, 0.717) is 18.0 Å². The first-order valence-corrected chi connectivity index (χ1v) is 8.12. The number of hydrogen-bond donors (Lipinski definition) is 3. The van der Waals surface area contributed by atoms with Gasteiger partial charge in [-0.3, -0.25) is 9.79 Å². The number of nitrogens with one attached hydrogen (secondary N) is 1. The lowest BCUT2D eigenvalue weighted by atomic mass is 9.96. The van der Waals surface area contributed by atoms with Crippen LogP contribution in [0.2, 0.25) is 0 Å². The Balaban J connectivity index is 2.39. The molecule has 2 rings (SSSR count). The number of aliphatic hydroxyl groups excluding tert-OH is 1. The van der Waals surface area contributed by atoms with Crippen molar-refractivity contribution in [3.8, 4) is 0 Å². The number of aliphatic carboxylic acids is 1. The van der Waals surface area contributed by atoms with Gasteiger partial charge in [-0.05, 0) is 31.4 Å². The Morgan fingerprint density at radius 2 is 1.84 bits per heavy atom. The van der Waals surface area contributed by atoms with Crippen molar-refractivity contribution in [3.05, 3.63) is 53.4 Å². The molecule has 0 fully saturated rings. The largest absolute Gasteiger partial charge is 0.505 e. The standard InChI is InChI=1S/C19H22N2O4/c1-11(2)9-12(3)20-17-15(22)10-14(18(23)16(17)19(24)25)21-13-7-5-4-6-8-13/h4-8,10-12,21,23H,9H2,1-3H3,(H,24,25). The predicted octanol–water partition coefficient (Wildman–Crippen LogP) is 3.34. The zero-order valence-electron chi connectivity index (χ0n) is 14.5. The molecule has 1 unspecified atom stereocenters. The molecule has 1 aliphatic carbocycles. The molecule has 0 spiro atoms. The fraction of sp³-hybridized carbons (Fsp3) is 0.316. The maximum Gasteiger partial charge on any atom is 0.341 e. The summed E-state index contributed by atoms with van der Waals surface area (Å²) < 4.78 is 0. The fourth-order valence-corrected chi connectivity index (χ4v) is 2.70. The molecule has 0 aliphatic heterocycles. The molecule has 25 heavy (non-hydrogen) atoms. The molecular formula is C19H22N2O4. The second kappa shape index (κ2) is 7.79. The van der Waals surface area contributed by atoms with Gasteiger partial charge in [0, 0.05) is 17.8 Å². The van der Waals surface area contributed by atoms with Crippen LogP contribution in [0.5, 0.6) is 0 Å². The van der Waals surface area contributed by atoms with Crippen LogP contribution in [0.3, 0.4) is 0 Å². The number of allylic oxidation sites excluding steroid dienone is 1. The summed E-state index contributed by atoms with van der Waals surface area (Å²) in [7, 11) is 0. The summed E-state index contributed by atoms with van der Waals surface area (Å²) in [5.74, 6) is -2.06. The Morgan fingerprint density at radius 3 is 2.40 bits per heavy atom. The molecular weight excluding hydrogens is 320 g/mol. The Labute approximate surface area is 146 Å². The average molecular weight is 342 g/mol. The van der Waals surface area contributed by atoms with Gasteiger partial charge in [0.05, 0.1) is 5.70 Å². The van der Waals surface area contributed by atoms with E-state index in [4.69, 9.17) is 0 Å². The van der Waals surface area contributed by atoms with Gasteiger partial charge in [-0.15, -0.1) is 0 Å². The molecule has 0 heterocycles. The molecule has 6 heteroatoms. The first kappa shape index (κ1) is 18.4. The first-order chi connectivity index (χ1) is 11.8. The van der Waals surface area contributed by atoms with E-state index in [1.54, 1.807) is 24.3 Å². The number of carbonyl (C=O) groups is 2. The van der Waals surface area contributed by atoms with Crippen LogP contribution < -0.4 is 5.32 Å². The van der Waals surface area contributed by atoms with Gasteiger partial charge in [0.25, 0.3) is 0 Å². The third-order valence-electron chi connectivity index (χ3n) is 3.67. The van der Waals surface area contributed by atoms with Crippen LogP contribution in [0, 0.1) is 5.92 Å². The monoisotopic (exact) mass is 342 g/mol. The molecule has 6 nitrogen and oxygen atoms in total. The van der Waals surface area contributed by atoms with Crippen LogP contribution in [-0.4, -0.2) is 33.7 Å². The van der Waals surface area contributed by atoms with Crippen molar-refractivity contribution in [2.45, 2.75) is 33.2 Å². The van der Waals surface area contributed by atoms with E-state index < -0.39 is 23.1 Å². The maximum atomic E-state index is 12.4. The summed E-state index contributed by atoms with van der Waals surface area (Å²) in [6, 6.07) is 8.66. The molecule has 1 aromatic rings. The highest BCUT2D eigenvalue weighted by Gasteiger charge is 2.32. The lowest BCUT2D eigenvalue weighted by Crippen LogP contribution is -2.29.